The zero-order valence-electron chi connectivity index (χ0n) is 10.2. The van der Waals surface area contributed by atoms with Crippen LogP contribution < -0.4 is 0 Å². The Morgan fingerprint density at radius 1 is 1.31 bits per heavy atom. The lowest BCUT2D eigenvalue weighted by atomic mass is 9.74. The maximum absolute atomic E-state index is 11.8. The van der Waals surface area contributed by atoms with Gasteiger partial charge in [0.05, 0.1) is 0 Å². The van der Waals surface area contributed by atoms with Crippen molar-refractivity contribution in [2.45, 2.75) is 52.4 Å². The molecule has 0 saturated heterocycles. The van der Waals surface area contributed by atoms with Crippen molar-refractivity contribution in [3.63, 3.8) is 0 Å². The van der Waals surface area contributed by atoms with Crippen molar-refractivity contribution in [3.8, 4) is 0 Å². The van der Waals surface area contributed by atoms with Gasteiger partial charge in [-0.25, -0.2) is 0 Å². The molecule has 0 aromatic heterocycles. The molecule has 0 aliphatic heterocycles. The van der Waals surface area contributed by atoms with E-state index in [1.165, 1.54) is 5.57 Å². The molecule has 88 valence electrons. The minimum absolute atomic E-state index is 0.169. The van der Waals surface area contributed by atoms with Crippen LogP contribution in [0.5, 0.6) is 0 Å². The summed E-state index contributed by atoms with van der Waals surface area (Å²) in [7, 11) is 0. The predicted octanol–water partition coefficient (Wildman–Crippen LogP) is 3.06. The average molecular weight is 220 g/mol. The first-order chi connectivity index (χ1) is 7.52. The zero-order chi connectivity index (χ0) is 11.8. The molecule has 2 rings (SSSR count). The Morgan fingerprint density at radius 2 is 2.06 bits per heavy atom. The van der Waals surface area contributed by atoms with E-state index in [1.807, 2.05) is 0 Å². The van der Waals surface area contributed by atoms with E-state index in [9.17, 15) is 9.59 Å². The number of hydrogen-bond acceptors (Lipinski definition) is 2. The highest BCUT2D eigenvalue weighted by atomic mass is 16.1. The smallest absolute Gasteiger partial charge is 0.145 e. The van der Waals surface area contributed by atoms with Crippen molar-refractivity contribution in [2.75, 3.05) is 0 Å². The van der Waals surface area contributed by atoms with Crippen LogP contribution in [0, 0.1) is 11.3 Å². The summed E-state index contributed by atoms with van der Waals surface area (Å²) in [6.07, 6.45) is 6.23. The lowest BCUT2D eigenvalue weighted by Crippen LogP contribution is -2.22. The van der Waals surface area contributed by atoms with E-state index in [-0.39, 0.29) is 5.41 Å². The highest BCUT2D eigenvalue weighted by Gasteiger charge is 2.33. The summed E-state index contributed by atoms with van der Waals surface area (Å²) in [5.41, 5.74) is 2.43. The molecule has 2 heteroatoms. The van der Waals surface area contributed by atoms with Crippen LogP contribution in [0.1, 0.15) is 52.4 Å². The minimum atomic E-state index is 0.169. The largest absolute Gasteiger partial charge is 0.300 e. The molecule has 0 radical (unpaired) electrons. The molecule has 1 unspecified atom stereocenters. The molecule has 2 nitrogen and oxygen atoms in total. The van der Waals surface area contributed by atoms with Crippen LogP contribution >= 0.6 is 0 Å². The van der Waals surface area contributed by atoms with Gasteiger partial charge in [0.2, 0.25) is 0 Å². The topological polar surface area (TPSA) is 34.1 Å². The van der Waals surface area contributed by atoms with Gasteiger partial charge in [-0.15, -0.1) is 0 Å². The summed E-state index contributed by atoms with van der Waals surface area (Å²) >= 11 is 0. The summed E-state index contributed by atoms with van der Waals surface area (Å²) in [5, 5.41) is 0. The molecule has 0 amide bonds. The van der Waals surface area contributed by atoms with E-state index < -0.39 is 0 Å². The van der Waals surface area contributed by atoms with Crippen LogP contribution in [-0.2, 0) is 9.59 Å². The second kappa shape index (κ2) is 4.15. The number of allylic oxidation sites excluding steroid dienone is 2. The predicted molar refractivity (Wildman–Crippen MR) is 63.1 cm³/mol. The number of hydrogen-bond donors (Lipinski definition) is 0. The molecule has 2 aliphatic carbocycles. The Morgan fingerprint density at radius 3 is 2.75 bits per heavy atom. The third kappa shape index (κ3) is 2.26. The highest BCUT2D eigenvalue weighted by Crippen LogP contribution is 2.44. The van der Waals surface area contributed by atoms with Gasteiger partial charge in [0.1, 0.15) is 12.1 Å². The number of ketones is 1. The Hall–Kier alpha value is -0.920. The number of aldehydes is 1. The van der Waals surface area contributed by atoms with Crippen LogP contribution in [0.2, 0.25) is 0 Å². The Bertz CT molecular complexity index is 350. The van der Waals surface area contributed by atoms with E-state index in [4.69, 9.17) is 0 Å². The first-order valence-electron chi connectivity index (χ1n) is 6.20. The summed E-state index contributed by atoms with van der Waals surface area (Å²) < 4.78 is 0. The van der Waals surface area contributed by atoms with Gasteiger partial charge in [0.15, 0.2) is 0 Å². The van der Waals surface area contributed by atoms with E-state index in [2.05, 4.69) is 13.8 Å². The van der Waals surface area contributed by atoms with Gasteiger partial charge in [-0.3, -0.25) is 9.59 Å². The molecular weight excluding hydrogens is 200 g/mol. The van der Waals surface area contributed by atoms with Gasteiger partial charge in [-0.05, 0) is 42.6 Å². The van der Waals surface area contributed by atoms with Gasteiger partial charge in [0, 0.05) is 12.8 Å². The van der Waals surface area contributed by atoms with Crippen LogP contribution in [0.4, 0.5) is 0 Å². The maximum Gasteiger partial charge on any atom is 0.145 e. The quantitative estimate of drug-likeness (QED) is 0.636. The average Bonchev–Trinajstić information content (AvgIpc) is 2.56. The van der Waals surface area contributed by atoms with E-state index in [0.29, 0.717) is 24.5 Å². The standard InChI is InChI=1S/C14H20O2/c1-14(2)6-5-12(16)7-10-3-4-11(9-15)13(10)8-14/h9-10H,3-8H2,1-2H3. The van der Waals surface area contributed by atoms with Gasteiger partial charge in [-0.1, -0.05) is 19.4 Å². The van der Waals surface area contributed by atoms with Gasteiger partial charge >= 0.3 is 0 Å². The fraction of sp³-hybridized carbons (Fsp3) is 0.714. The molecule has 0 N–H and O–H groups in total. The van der Waals surface area contributed by atoms with E-state index in [1.54, 1.807) is 0 Å². The molecule has 16 heavy (non-hydrogen) atoms. The first kappa shape index (κ1) is 11.6. The molecule has 1 saturated carbocycles. The second-order valence-electron chi connectivity index (χ2n) is 5.99. The Labute approximate surface area is 97.1 Å². The number of rotatable bonds is 1. The van der Waals surface area contributed by atoms with Crippen LogP contribution in [0.3, 0.4) is 0 Å². The molecule has 2 aliphatic rings. The number of carbonyl (C=O) groups excluding carboxylic acids is 2. The maximum atomic E-state index is 11.8. The molecule has 1 atom stereocenters. The van der Waals surface area contributed by atoms with Crippen LogP contribution in [0.15, 0.2) is 11.1 Å². The minimum Gasteiger partial charge on any atom is -0.300 e. The molecule has 0 aromatic rings. The third-order valence-electron chi connectivity index (χ3n) is 4.03. The lowest BCUT2D eigenvalue weighted by molar-refractivity contribution is -0.120. The number of Topliss-reactive ketones (excluding diaryl/α,β-unsaturated/α-hetero) is 1. The van der Waals surface area contributed by atoms with Gasteiger partial charge in [-0.2, -0.15) is 0 Å². The lowest BCUT2D eigenvalue weighted by Gasteiger charge is -2.30. The molecule has 0 heterocycles. The SMILES string of the molecule is CC1(C)CCC(=O)CC2CCC(C=O)=C2C1. The van der Waals surface area contributed by atoms with Crippen molar-refractivity contribution in [1.29, 1.82) is 0 Å². The molecule has 0 aromatic carbocycles. The van der Waals surface area contributed by atoms with Crippen molar-refractivity contribution < 1.29 is 9.59 Å². The van der Waals surface area contributed by atoms with Gasteiger partial charge in [0.25, 0.3) is 0 Å². The summed E-state index contributed by atoms with van der Waals surface area (Å²) in [5.74, 6) is 0.745. The van der Waals surface area contributed by atoms with E-state index in [0.717, 1.165) is 37.5 Å². The fourth-order valence-corrected chi connectivity index (χ4v) is 3.00. The molecule has 0 bridgehead atoms. The van der Waals surface area contributed by atoms with E-state index >= 15 is 0 Å². The summed E-state index contributed by atoms with van der Waals surface area (Å²) in [6, 6.07) is 0. The van der Waals surface area contributed by atoms with Crippen molar-refractivity contribution >= 4 is 12.1 Å². The summed E-state index contributed by atoms with van der Waals surface area (Å²) in [6.45, 7) is 4.41. The van der Waals surface area contributed by atoms with Crippen molar-refractivity contribution in [2.24, 2.45) is 11.3 Å². The molecule has 0 spiro atoms. The number of fused-ring (bicyclic) bond motifs is 1. The highest BCUT2D eigenvalue weighted by molar-refractivity contribution is 5.81. The number of carbonyl (C=O) groups is 2. The first-order valence-corrected chi connectivity index (χ1v) is 6.20. The van der Waals surface area contributed by atoms with Crippen molar-refractivity contribution in [3.05, 3.63) is 11.1 Å². The second-order valence-corrected chi connectivity index (χ2v) is 5.99. The zero-order valence-corrected chi connectivity index (χ0v) is 10.2. The third-order valence-corrected chi connectivity index (χ3v) is 4.03. The molecular formula is C14H20O2. The van der Waals surface area contributed by atoms with Crippen LogP contribution in [0.25, 0.3) is 0 Å². The Kier molecular flexibility index (Phi) is 3.00. The molecule has 1 fully saturated rings. The van der Waals surface area contributed by atoms with Crippen LogP contribution in [-0.4, -0.2) is 12.1 Å². The Balaban J connectivity index is 2.30. The van der Waals surface area contributed by atoms with Gasteiger partial charge < -0.3 is 0 Å². The summed E-state index contributed by atoms with van der Waals surface area (Å²) in [4.78, 5) is 22.8. The van der Waals surface area contributed by atoms with Crippen molar-refractivity contribution in [1.82, 2.24) is 0 Å². The normalized spacial score (nSPS) is 29.6. The fourth-order valence-electron chi connectivity index (χ4n) is 3.00. The monoisotopic (exact) mass is 220 g/mol.